The summed E-state index contributed by atoms with van der Waals surface area (Å²) in [5.74, 6) is -0.481. The van der Waals surface area contributed by atoms with Gasteiger partial charge in [0.15, 0.2) is 5.69 Å². The topological polar surface area (TPSA) is 44.1 Å². The first kappa shape index (κ1) is 8.13. The third kappa shape index (κ3) is 1.37. The minimum Gasteiger partial charge on any atom is -0.390 e. The summed E-state index contributed by atoms with van der Waals surface area (Å²) in [6, 6.07) is 0. The highest BCUT2D eigenvalue weighted by molar-refractivity contribution is 7.75. The Kier molecular flexibility index (Phi) is 2.19. The molecule has 0 atom stereocenters. The first-order chi connectivity index (χ1) is 5.16. The Labute approximate surface area is 69.8 Å². The Morgan fingerprint density at radius 2 is 2.45 bits per heavy atom. The number of rotatable bonds is 1. The largest absolute Gasteiger partial charge is 0.390 e. The maximum absolute atomic E-state index is 11.0. The van der Waals surface area contributed by atoms with Gasteiger partial charge < -0.3 is 8.75 Å². The Morgan fingerprint density at radius 1 is 1.82 bits per heavy atom. The molecule has 1 aromatic heterocycles. The molecular formula is C6H8N2O2S. The fraction of sp³-hybridized carbons (Fsp3) is 0.333. The molecule has 0 radical (unpaired) electrons. The van der Waals surface area contributed by atoms with Crippen LogP contribution in [0, 0.1) is 6.92 Å². The summed E-state index contributed by atoms with van der Waals surface area (Å²) < 4.78 is 5.84. The Balaban J connectivity index is 3.10. The van der Waals surface area contributed by atoms with Gasteiger partial charge in [0, 0.05) is 20.0 Å². The number of aromatic nitrogens is 2. The summed E-state index contributed by atoms with van der Waals surface area (Å²) in [5.41, 5.74) is 1.08. The van der Waals surface area contributed by atoms with Crippen LogP contribution in [0.15, 0.2) is 6.33 Å². The number of nitrogens with zero attached hydrogens (tertiary/aromatic N) is 2. The van der Waals surface area contributed by atoms with Gasteiger partial charge in [-0.05, 0) is 6.92 Å². The first-order valence-electron chi connectivity index (χ1n) is 3.00. The normalized spacial score (nSPS) is 9.73. The van der Waals surface area contributed by atoms with Crippen LogP contribution >= 0.6 is 12.9 Å². The molecular weight excluding hydrogens is 164 g/mol. The number of aryl methyl sites for hydroxylation is 2. The van der Waals surface area contributed by atoms with Crippen molar-refractivity contribution in [2.45, 2.75) is 6.92 Å². The zero-order chi connectivity index (χ0) is 8.43. The van der Waals surface area contributed by atoms with Crippen LogP contribution in [-0.4, -0.2) is 15.5 Å². The lowest BCUT2D eigenvalue weighted by molar-refractivity contribution is 0.0761. The lowest BCUT2D eigenvalue weighted by atomic mass is 10.3. The van der Waals surface area contributed by atoms with E-state index in [1.165, 1.54) is 0 Å². The number of carbonyl (C=O) groups is 1. The van der Waals surface area contributed by atoms with Crippen molar-refractivity contribution in [3.05, 3.63) is 17.7 Å². The molecule has 4 nitrogen and oxygen atoms in total. The number of imidazole rings is 1. The molecule has 11 heavy (non-hydrogen) atoms. The quantitative estimate of drug-likeness (QED) is 0.501. The molecule has 0 spiro atoms. The molecule has 0 aliphatic carbocycles. The van der Waals surface area contributed by atoms with Gasteiger partial charge in [0.1, 0.15) is 0 Å². The smallest absolute Gasteiger partial charge is 0.368 e. The number of thiol groups is 1. The molecule has 0 bridgehead atoms. The van der Waals surface area contributed by atoms with Crippen LogP contribution in [0.1, 0.15) is 16.2 Å². The number of carbonyl (C=O) groups excluding carboxylic acids is 1. The average Bonchev–Trinajstić information content (AvgIpc) is 2.30. The summed E-state index contributed by atoms with van der Waals surface area (Å²) in [6.45, 7) is 1.74. The van der Waals surface area contributed by atoms with Gasteiger partial charge in [0.2, 0.25) is 0 Å². The van der Waals surface area contributed by atoms with Crippen LogP contribution in [0.5, 0.6) is 0 Å². The minimum atomic E-state index is -0.481. The third-order valence-corrected chi connectivity index (χ3v) is 1.56. The summed E-state index contributed by atoms with van der Waals surface area (Å²) >= 11 is 3.41. The molecule has 1 aromatic rings. The van der Waals surface area contributed by atoms with Crippen LogP contribution in [0.2, 0.25) is 0 Å². The molecule has 60 valence electrons. The standard InChI is InChI=1S/C6H8N2O2S/c1-4-5(6(9)10-11)8(2)3-7-4/h3,11H,1-2H3. The highest BCUT2D eigenvalue weighted by atomic mass is 32.1. The van der Waals surface area contributed by atoms with E-state index in [0.29, 0.717) is 11.4 Å². The van der Waals surface area contributed by atoms with Gasteiger partial charge in [-0.2, -0.15) is 0 Å². The van der Waals surface area contributed by atoms with E-state index in [4.69, 9.17) is 0 Å². The van der Waals surface area contributed by atoms with Crippen molar-refractivity contribution in [2.75, 3.05) is 0 Å². The fourth-order valence-electron chi connectivity index (χ4n) is 0.882. The van der Waals surface area contributed by atoms with E-state index in [1.807, 2.05) is 0 Å². The Morgan fingerprint density at radius 3 is 2.82 bits per heavy atom. The number of hydrogen-bond donors (Lipinski definition) is 1. The maximum Gasteiger partial charge on any atom is 0.368 e. The third-order valence-electron chi connectivity index (χ3n) is 1.40. The van der Waals surface area contributed by atoms with Crippen molar-refractivity contribution in [2.24, 2.45) is 7.05 Å². The molecule has 0 aliphatic heterocycles. The molecule has 0 amide bonds. The van der Waals surface area contributed by atoms with E-state index in [1.54, 1.807) is 24.9 Å². The van der Waals surface area contributed by atoms with Crippen molar-refractivity contribution in [3.63, 3.8) is 0 Å². The molecule has 5 heteroatoms. The Bertz CT molecular complexity index is 263. The number of hydrogen-bond acceptors (Lipinski definition) is 4. The van der Waals surface area contributed by atoms with Gasteiger partial charge in [0.25, 0.3) is 0 Å². The average molecular weight is 172 g/mol. The summed E-state index contributed by atoms with van der Waals surface area (Å²) in [7, 11) is 1.72. The van der Waals surface area contributed by atoms with Gasteiger partial charge in [-0.1, -0.05) is 0 Å². The second kappa shape index (κ2) is 2.96. The van der Waals surface area contributed by atoms with Crippen molar-refractivity contribution >= 4 is 18.9 Å². The summed E-state index contributed by atoms with van der Waals surface area (Å²) in [4.78, 5) is 14.9. The molecule has 1 rings (SSSR count). The van der Waals surface area contributed by atoms with Gasteiger partial charge >= 0.3 is 5.97 Å². The Hall–Kier alpha value is -0.970. The SMILES string of the molecule is Cc1ncn(C)c1C(=O)OS. The zero-order valence-corrected chi connectivity index (χ0v) is 7.13. The zero-order valence-electron chi connectivity index (χ0n) is 6.24. The van der Waals surface area contributed by atoms with Crippen molar-refractivity contribution in [1.29, 1.82) is 0 Å². The molecule has 1 heterocycles. The van der Waals surface area contributed by atoms with E-state index >= 15 is 0 Å². The van der Waals surface area contributed by atoms with Crippen molar-refractivity contribution < 1.29 is 8.98 Å². The molecule has 0 fully saturated rings. The van der Waals surface area contributed by atoms with Gasteiger partial charge in [-0.15, -0.1) is 0 Å². The van der Waals surface area contributed by atoms with E-state index < -0.39 is 5.97 Å². The minimum absolute atomic E-state index is 0.431. The van der Waals surface area contributed by atoms with Crippen molar-refractivity contribution in [1.82, 2.24) is 9.55 Å². The van der Waals surface area contributed by atoms with Crippen LogP contribution in [0.25, 0.3) is 0 Å². The second-order valence-corrected chi connectivity index (χ2v) is 2.35. The van der Waals surface area contributed by atoms with E-state index in [-0.39, 0.29) is 0 Å². The van der Waals surface area contributed by atoms with Gasteiger partial charge in [-0.3, -0.25) is 0 Å². The second-order valence-electron chi connectivity index (χ2n) is 2.17. The molecule has 0 saturated carbocycles. The monoisotopic (exact) mass is 172 g/mol. The van der Waals surface area contributed by atoms with E-state index in [0.717, 1.165) is 0 Å². The van der Waals surface area contributed by atoms with Crippen LogP contribution in [0.3, 0.4) is 0 Å². The van der Waals surface area contributed by atoms with E-state index in [9.17, 15) is 4.79 Å². The highest BCUT2D eigenvalue weighted by Crippen LogP contribution is 2.06. The maximum atomic E-state index is 11.0. The van der Waals surface area contributed by atoms with E-state index in [2.05, 4.69) is 22.1 Å². The highest BCUT2D eigenvalue weighted by Gasteiger charge is 2.13. The van der Waals surface area contributed by atoms with Crippen molar-refractivity contribution in [3.8, 4) is 0 Å². The lowest BCUT2D eigenvalue weighted by Crippen LogP contribution is -2.06. The van der Waals surface area contributed by atoms with Crippen LogP contribution in [-0.2, 0) is 11.2 Å². The van der Waals surface area contributed by atoms with Crippen LogP contribution < -0.4 is 0 Å². The summed E-state index contributed by atoms with van der Waals surface area (Å²) in [5, 5.41) is 0. The first-order valence-corrected chi connectivity index (χ1v) is 3.37. The predicted octanol–water partition coefficient (Wildman–Crippen LogP) is 0.730. The molecule has 0 N–H and O–H groups in total. The van der Waals surface area contributed by atoms with Crippen LogP contribution in [0.4, 0.5) is 0 Å². The molecule has 0 unspecified atom stereocenters. The lowest BCUT2D eigenvalue weighted by Gasteiger charge is -1.98. The summed E-state index contributed by atoms with van der Waals surface area (Å²) in [6.07, 6.45) is 1.55. The molecule has 0 saturated heterocycles. The van der Waals surface area contributed by atoms with Gasteiger partial charge in [0.05, 0.1) is 12.0 Å². The molecule has 0 aromatic carbocycles. The predicted molar refractivity (Wildman–Crippen MR) is 42.3 cm³/mol. The molecule has 0 aliphatic rings. The van der Waals surface area contributed by atoms with Gasteiger partial charge in [-0.25, -0.2) is 9.78 Å². The fourth-order valence-corrected chi connectivity index (χ4v) is 0.969.